The van der Waals surface area contributed by atoms with Gasteiger partial charge in [-0.2, -0.15) is 4.99 Å². The first-order valence-electron chi connectivity index (χ1n) is 8.68. The molecule has 5 nitrogen and oxygen atoms in total. The van der Waals surface area contributed by atoms with Crippen molar-refractivity contribution in [1.29, 1.82) is 0 Å². The molecule has 3 aromatic carbocycles. The summed E-state index contributed by atoms with van der Waals surface area (Å²) in [6.45, 7) is 0.712. The van der Waals surface area contributed by atoms with E-state index in [1.807, 2.05) is 41.3 Å². The van der Waals surface area contributed by atoms with Crippen LogP contribution >= 0.6 is 0 Å². The van der Waals surface area contributed by atoms with Gasteiger partial charge >= 0.3 is 0 Å². The molecule has 26 heavy (non-hydrogen) atoms. The van der Waals surface area contributed by atoms with E-state index < -0.39 is 0 Å². The minimum Gasteiger partial charge on any atom is -0.369 e. The highest BCUT2D eigenvalue weighted by molar-refractivity contribution is 5.96. The molecule has 0 aliphatic carbocycles. The molecular weight excluding hydrogens is 322 g/mol. The molecule has 0 saturated carbocycles. The quantitative estimate of drug-likeness (QED) is 0.764. The zero-order valence-electron chi connectivity index (χ0n) is 14.4. The second kappa shape index (κ2) is 6.88. The lowest BCUT2D eigenvalue weighted by atomic mass is 10.0. The zero-order chi connectivity index (χ0) is 17.9. The van der Waals surface area contributed by atoms with Gasteiger partial charge < -0.3 is 16.4 Å². The summed E-state index contributed by atoms with van der Waals surface area (Å²) in [7, 11) is 0. The van der Waals surface area contributed by atoms with Crippen LogP contribution in [0.1, 0.15) is 17.3 Å². The molecule has 0 bridgehead atoms. The number of fused-ring (bicyclic) bond motifs is 1. The number of guanidine groups is 2. The first-order chi connectivity index (χ1) is 12.7. The van der Waals surface area contributed by atoms with Crippen molar-refractivity contribution in [3.63, 3.8) is 0 Å². The third-order valence-electron chi connectivity index (χ3n) is 4.66. The van der Waals surface area contributed by atoms with Crippen molar-refractivity contribution >= 4 is 22.7 Å². The molecule has 3 aromatic rings. The summed E-state index contributed by atoms with van der Waals surface area (Å²) in [6.07, 6.45) is 0.579. The van der Waals surface area contributed by atoms with Gasteiger partial charge in [-0.25, -0.2) is 4.99 Å². The normalized spacial score (nSPS) is 17.1. The van der Waals surface area contributed by atoms with Crippen molar-refractivity contribution in [3.05, 3.63) is 83.9 Å². The van der Waals surface area contributed by atoms with E-state index in [0.29, 0.717) is 12.5 Å². The Hall–Kier alpha value is -3.34. The van der Waals surface area contributed by atoms with Crippen LogP contribution in [0, 0.1) is 0 Å². The van der Waals surface area contributed by atoms with Crippen LogP contribution in [0.15, 0.2) is 82.8 Å². The number of rotatable bonds is 4. The molecule has 0 aromatic heterocycles. The zero-order valence-corrected chi connectivity index (χ0v) is 14.4. The van der Waals surface area contributed by atoms with Gasteiger partial charge in [0.1, 0.15) is 0 Å². The third kappa shape index (κ3) is 3.11. The Kier molecular flexibility index (Phi) is 4.27. The largest absolute Gasteiger partial charge is 0.369 e. The molecule has 1 aliphatic rings. The van der Waals surface area contributed by atoms with Gasteiger partial charge in [-0.05, 0) is 22.8 Å². The molecule has 4 N–H and O–H groups in total. The van der Waals surface area contributed by atoms with Gasteiger partial charge in [0.05, 0.1) is 0 Å². The molecule has 0 amide bonds. The molecular formula is C21H21N5. The fourth-order valence-corrected chi connectivity index (χ4v) is 3.37. The number of aliphatic imine (C=N–C) groups is 2. The van der Waals surface area contributed by atoms with Gasteiger partial charge in [-0.3, -0.25) is 0 Å². The summed E-state index contributed by atoms with van der Waals surface area (Å²) < 4.78 is 0. The average molecular weight is 343 g/mol. The minimum atomic E-state index is -0.276. The van der Waals surface area contributed by atoms with Crippen LogP contribution in [0.3, 0.4) is 0 Å². The predicted octanol–water partition coefficient (Wildman–Crippen LogP) is 3.03. The molecule has 0 spiro atoms. The van der Waals surface area contributed by atoms with E-state index in [2.05, 4.69) is 46.4 Å². The summed E-state index contributed by atoms with van der Waals surface area (Å²) in [5.41, 5.74) is 14.5. The van der Waals surface area contributed by atoms with Crippen molar-refractivity contribution in [1.82, 2.24) is 4.90 Å². The fourth-order valence-electron chi connectivity index (χ4n) is 3.37. The van der Waals surface area contributed by atoms with Crippen molar-refractivity contribution in [2.45, 2.75) is 12.6 Å². The van der Waals surface area contributed by atoms with Gasteiger partial charge in [0.2, 0.25) is 11.9 Å². The summed E-state index contributed by atoms with van der Waals surface area (Å²) in [5.74, 6) is 0.628. The minimum absolute atomic E-state index is 0.219. The first-order valence-corrected chi connectivity index (χ1v) is 8.68. The molecule has 4 rings (SSSR count). The molecule has 0 saturated heterocycles. The van der Waals surface area contributed by atoms with E-state index in [-0.39, 0.29) is 12.1 Å². The number of hydrogen-bond donors (Lipinski definition) is 2. The summed E-state index contributed by atoms with van der Waals surface area (Å²) in [5, 5.41) is 2.32. The predicted molar refractivity (Wildman–Crippen MR) is 107 cm³/mol. The Balaban J connectivity index is 1.70. The fraction of sp³-hybridized carbons (Fsp3) is 0.143. The molecule has 0 radical (unpaired) electrons. The molecule has 1 unspecified atom stereocenters. The lowest BCUT2D eigenvalue weighted by Gasteiger charge is -2.33. The highest BCUT2D eigenvalue weighted by Gasteiger charge is 2.26. The molecule has 130 valence electrons. The maximum Gasteiger partial charge on any atom is 0.220 e. The molecule has 5 heteroatoms. The second-order valence-corrected chi connectivity index (χ2v) is 6.33. The van der Waals surface area contributed by atoms with Crippen molar-refractivity contribution in [2.75, 3.05) is 6.54 Å². The van der Waals surface area contributed by atoms with Gasteiger partial charge in [-0.15, -0.1) is 0 Å². The highest BCUT2D eigenvalue weighted by Crippen LogP contribution is 2.31. The van der Waals surface area contributed by atoms with E-state index >= 15 is 0 Å². The van der Waals surface area contributed by atoms with Crippen molar-refractivity contribution < 1.29 is 0 Å². The maximum absolute atomic E-state index is 6.22. The van der Waals surface area contributed by atoms with Crippen LogP contribution in [0.5, 0.6) is 0 Å². The highest BCUT2D eigenvalue weighted by atomic mass is 15.4. The summed E-state index contributed by atoms with van der Waals surface area (Å²) >= 11 is 0. The number of nitrogens with two attached hydrogens (primary N) is 2. The molecule has 0 fully saturated rings. The standard InChI is InChI=1S/C21H21N5/c22-20-24-19(18-12-6-10-16-9-4-5-11-17(16)18)26(21(23)25-20)14-13-15-7-2-1-3-8-15/h1-12,19H,13-14H2,(H4,22,23,24,25). The van der Waals surface area contributed by atoms with E-state index in [1.165, 1.54) is 10.9 Å². The molecule has 1 heterocycles. The Morgan fingerprint density at radius 2 is 1.58 bits per heavy atom. The van der Waals surface area contributed by atoms with Crippen LogP contribution < -0.4 is 11.5 Å². The van der Waals surface area contributed by atoms with Crippen molar-refractivity contribution in [3.8, 4) is 0 Å². The van der Waals surface area contributed by atoms with Crippen LogP contribution in [-0.2, 0) is 6.42 Å². The van der Waals surface area contributed by atoms with Crippen LogP contribution in [0.4, 0.5) is 0 Å². The average Bonchev–Trinajstić information content (AvgIpc) is 2.67. The van der Waals surface area contributed by atoms with Gasteiger partial charge in [-0.1, -0.05) is 72.8 Å². The third-order valence-corrected chi connectivity index (χ3v) is 4.66. The monoisotopic (exact) mass is 343 g/mol. The Bertz CT molecular complexity index is 973. The smallest absolute Gasteiger partial charge is 0.220 e. The first kappa shape index (κ1) is 16.1. The number of nitrogens with zero attached hydrogens (tertiary/aromatic N) is 3. The van der Waals surface area contributed by atoms with Crippen LogP contribution in [0.2, 0.25) is 0 Å². The lowest BCUT2D eigenvalue weighted by molar-refractivity contribution is 0.321. The number of benzene rings is 3. The van der Waals surface area contributed by atoms with Gasteiger partial charge in [0.25, 0.3) is 0 Å². The number of hydrogen-bond acceptors (Lipinski definition) is 5. The van der Waals surface area contributed by atoms with Gasteiger partial charge in [0, 0.05) is 12.1 Å². The summed E-state index contributed by atoms with van der Waals surface area (Å²) in [6, 6.07) is 24.8. The van der Waals surface area contributed by atoms with Crippen molar-refractivity contribution in [2.24, 2.45) is 21.5 Å². The van der Waals surface area contributed by atoms with E-state index in [4.69, 9.17) is 11.5 Å². The molecule has 1 atom stereocenters. The lowest BCUT2D eigenvalue weighted by Crippen LogP contribution is -2.45. The maximum atomic E-state index is 6.22. The Labute approximate surface area is 152 Å². The topological polar surface area (TPSA) is 80.0 Å². The SMILES string of the molecule is NC1=NC(c2cccc3ccccc23)N(CCc2ccccc2)C(N)=N1. The van der Waals surface area contributed by atoms with Crippen LogP contribution in [0.25, 0.3) is 10.8 Å². The van der Waals surface area contributed by atoms with E-state index in [1.54, 1.807) is 0 Å². The molecule has 1 aliphatic heterocycles. The summed E-state index contributed by atoms with van der Waals surface area (Å²) in [4.78, 5) is 10.8. The van der Waals surface area contributed by atoms with Gasteiger partial charge in [0.15, 0.2) is 6.17 Å². The van der Waals surface area contributed by atoms with E-state index in [9.17, 15) is 0 Å². The Morgan fingerprint density at radius 3 is 2.42 bits per heavy atom. The Morgan fingerprint density at radius 1 is 0.846 bits per heavy atom. The van der Waals surface area contributed by atoms with E-state index in [0.717, 1.165) is 17.4 Å². The second-order valence-electron chi connectivity index (χ2n) is 6.33. The van der Waals surface area contributed by atoms with Crippen LogP contribution in [-0.4, -0.2) is 23.4 Å².